The van der Waals surface area contributed by atoms with Crippen molar-refractivity contribution in [3.63, 3.8) is 0 Å². The number of aromatic nitrogens is 2. The maximum atomic E-state index is 4.34. The monoisotopic (exact) mass is 234 g/mol. The van der Waals surface area contributed by atoms with E-state index >= 15 is 0 Å². The first-order valence-electron chi connectivity index (χ1n) is 3.84. The van der Waals surface area contributed by atoms with E-state index < -0.39 is 0 Å². The summed E-state index contributed by atoms with van der Waals surface area (Å²) in [5.41, 5.74) is 2.58. The average molecular weight is 235 g/mol. The SMILES string of the molecule is C=Cc1cnc2ccc(Br)cc2n1. The van der Waals surface area contributed by atoms with E-state index in [0.29, 0.717) is 0 Å². The molecule has 1 aromatic carbocycles. The normalized spacial score (nSPS) is 10.2. The molecule has 64 valence electrons. The second-order valence-corrected chi connectivity index (χ2v) is 3.55. The van der Waals surface area contributed by atoms with Crippen molar-refractivity contribution >= 4 is 33.0 Å². The Bertz CT molecular complexity index is 465. The van der Waals surface area contributed by atoms with E-state index in [1.54, 1.807) is 12.3 Å². The molecule has 0 saturated heterocycles. The van der Waals surface area contributed by atoms with Crippen LogP contribution in [0.1, 0.15) is 5.69 Å². The molecule has 0 fully saturated rings. The number of rotatable bonds is 1. The quantitative estimate of drug-likeness (QED) is 0.759. The molecule has 0 unspecified atom stereocenters. The molecule has 0 amide bonds. The van der Waals surface area contributed by atoms with Crippen molar-refractivity contribution in [2.75, 3.05) is 0 Å². The van der Waals surface area contributed by atoms with Gasteiger partial charge >= 0.3 is 0 Å². The lowest BCUT2D eigenvalue weighted by Crippen LogP contribution is -1.86. The van der Waals surface area contributed by atoms with Crippen molar-refractivity contribution in [3.05, 3.63) is 41.1 Å². The summed E-state index contributed by atoms with van der Waals surface area (Å²) >= 11 is 3.39. The predicted octanol–water partition coefficient (Wildman–Crippen LogP) is 3.04. The van der Waals surface area contributed by atoms with Gasteiger partial charge in [0, 0.05) is 4.47 Å². The molecule has 0 N–H and O–H groups in total. The maximum absolute atomic E-state index is 4.34. The van der Waals surface area contributed by atoms with Crippen molar-refractivity contribution in [2.24, 2.45) is 0 Å². The topological polar surface area (TPSA) is 25.8 Å². The molecule has 0 aliphatic heterocycles. The first-order valence-corrected chi connectivity index (χ1v) is 4.63. The van der Waals surface area contributed by atoms with Gasteiger partial charge in [0.2, 0.25) is 0 Å². The smallest absolute Gasteiger partial charge is 0.0905 e. The highest BCUT2D eigenvalue weighted by Gasteiger charge is 1.97. The number of hydrogen-bond donors (Lipinski definition) is 0. The van der Waals surface area contributed by atoms with Gasteiger partial charge in [0.1, 0.15) is 0 Å². The third-order valence-electron chi connectivity index (χ3n) is 1.73. The van der Waals surface area contributed by atoms with Crippen LogP contribution < -0.4 is 0 Å². The van der Waals surface area contributed by atoms with E-state index in [4.69, 9.17) is 0 Å². The summed E-state index contributed by atoms with van der Waals surface area (Å²) in [5, 5.41) is 0. The summed E-state index contributed by atoms with van der Waals surface area (Å²) in [4.78, 5) is 8.58. The molecule has 0 aliphatic carbocycles. The summed E-state index contributed by atoms with van der Waals surface area (Å²) < 4.78 is 1.01. The molecule has 13 heavy (non-hydrogen) atoms. The fraction of sp³-hybridized carbons (Fsp3) is 0. The van der Waals surface area contributed by atoms with Gasteiger partial charge in [-0.05, 0) is 24.3 Å². The van der Waals surface area contributed by atoms with Crippen LogP contribution in [-0.4, -0.2) is 9.97 Å². The molecule has 2 aromatic rings. The van der Waals surface area contributed by atoms with Gasteiger partial charge < -0.3 is 0 Å². The van der Waals surface area contributed by atoms with E-state index in [0.717, 1.165) is 21.2 Å². The fourth-order valence-electron chi connectivity index (χ4n) is 1.10. The Hall–Kier alpha value is -1.22. The molecule has 0 spiro atoms. The third kappa shape index (κ3) is 1.60. The summed E-state index contributed by atoms with van der Waals surface area (Å²) in [6, 6.07) is 5.82. The zero-order valence-corrected chi connectivity index (χ0v) is 8.45. The zero-order valence-electron chi connectivity index (χ0n) is 6.87. The molecular formula is C10H7BrN2. The summed E-state index contributed by atoms with van der Waals surface area (Å²) in [5.74, 6) is 0. The number of nitrogens with zero attached hydrogens (tertiary/aromatic N) is 2. The number of halogens is 1. The van der Waals surface area contributed by atoms with E-state index in [1.807, 2.05) is 18.2 Å². The van der Waals surface area contributed by atoms with Crippen LogP contribution in [0.5, 0.6) is 0 Å². The van der Waals surface area contributed by atoms with Crippen molar-refractivity contribution in [3.8, 4) is 0 Å². The Morgan fingerprint density at radius 2 is 2.15 bits per heavy atom. The number of fused-ring (bicyclic) bond motifs is 1. The highest BCUT2D eigenvalue weighted by molar-refractivity contribution is 9.10. The molecule has 2 rings (SSSR count). The van der Waals surface area contributed by atoms with Crippen molar-refractivity contribution in [2.45, 2.75) is 0 Å². The minimum absolute atomic E-state index is 0.797. The highest BCUT2D eigenvalue weighted by atomic mass is 79.9. The van der Waals surface area contributed by atoms with E-state index in [1.165, 1.54) is 0 Å². The zero-order chi connectivity index (χ0) is 9.26. The molecule has 0 saturated carbocycles. The standard InChI is InChI=1S/C10H7BrN2/c1-2-8-6-12-9-4-3-7(11)5-10(9)13-8/h2-6H,1H2. The van der Waals surface area contributed by atoms with Crippen LogP contribution >= 0.6 is 15.9 Å². The van der Waals surface area contributed by atoms with Gasteiger partial charge in [-0.1, -0.05) is 22.5 Å². The second kappa shape index (κ2) is 3.26. The summed E-state index contributed by atoms with van der Waals surface area (Å²) in [6.45, 7) is 3.65. The second-order valence-electron chi connectivity index (χ2n) is 2.63. The molecule has 2 nitrogen and oxygen atoms in total. The first-order chi connectivity index (χ1) is 6.29. The molecule has 1 heterocycles. The Labute approximate surface area is 84.5 Å². The Kier molecular flexibility index (Phi) is 2.10. The van der Waals surface area contributed by atoms with Crippen LogP contribution in [0.15, 0.2) is 35.4 Å². The Balaban J connectivity index is 2.74. The lowest BCUT2D eigenvalue weighted by molar-refractivity contribution is 1.26. The number of hydrogen-bond acceptors (Lipinski definition) is 2. The van der Waals surface area contributed by atoms with Gasteiger partial charge in [-0.3, -0.25) is 4.98 Å². The van der Waals surface area contributed by atoms with Gasteiger partial charge in [0.15, 0.2) is 0 Å². The minimum atomic E-state index is 0.797. The van der Waals surface area contributed by atoms with E-state index in [9.17, 15) is 0 Å². The van der Waals surface area contributed by atoms with Crippen LogP contribution in [0.4, 0.5) is 0 Å². The van der Waals surface area contributed by atoms with Crippen LogP contribution in [0.3, 0.4) is 0 Å². The molecule has 0 atom stereocenters. The van der Waals surface area contributed by atoms with Crippen LogP contribution in [0.2, 0.25) is 0 Å². The Morgan fingerprint density at radius 3 is 2.92 bits per heavy atom. The van der Waals surface area contributed by atoms with E-state index in [2.05, 4.69) is 32.5 Å². The minimum Gasteiger partial charge on any atom is -0.252 e. The largest absolute Gasteiger partial charge is 0.252 e. The van der Waals surface area contributed by atoms with Crippen LogP contribution in [0, 0.1) is 0 Å². The van der Waals surface area contributed by atoms with Crippen molar-refractivity contribution in [1.82, 2.24) is 9.97 Å². The van der Waals surface area contributed by atoms with E-state index in [-0.39, 0.29) is 0 Å². The average Bonchev–Trinajstić information content (AvgIpc) is 2.16. The van der Waals surface area contributed by atoms with Crippen LogP contribution in [0.25, 0.3) is 17.1 Å². The Morgan fingerprint density at radius 1 is 1.31 bits per heavy atom. The third-order valence-corrected chi connectivity index (χ3v) is 2.23. The van der Waals surface area contributed by atoms with Crippen molar-refractivity contribution in [1.29, 1.82) is 0 Å². The molecule has 1 aromatic heterocycles. The maximum Gasteiger partial charge on any atom is 0.0905 e. The highest BCUT2D eigenvalue weighted by Crippen LogP contribution is 2.16. The van der Waals surface area contributed by atoms with Crippen LogP contribution in [-0.2, 0) is 0 Å². The molecule has 0 bridgehead atoms. The molecule has 3 heteroatoms. The fourth-order valence-corrected chi connectivity index (χ4v) is 1.45. The lowest BCUT2D eigenvalue weighted by Gasteiger charge is -1.97. The first kappa shape index (κ1) is 8.38. The molecule has 0 aliphatic rings. The summed E-state index contributed by atoms with van der Waals surface area (Å²) in [7, 11) is 0. The lowest BCUT2D eigenvalue weighted by atomic mass is 10.3. The molecular weight excluding hydrogens is 228 g/mol. The van der Waals surface area contributed by atoms with Gasteiger partial charge in [0.05, 0.1) is 22.9 Å². The van der Waals surface area contributed by atoms with Gasteiger partial charge in [0.25, 0.3) is 0 Å². The number of benzene rings is 1. The predicted molar refractivity (Wildman–Crippen MR) is 57.3 cm³/mol. The van der Waals surface area contributed by atoms with Gasteiger partial charge in [-0.25, -0.2) is 4.98 Å². The van der Waals surface area contributed by atoms with Gasteiger partial charge in [-0.2, -0.15) is 0 Å². The summed E-state index contributed by atoms with van der Waals surface area (Å²) in [6.07, 6.45) is 3.40. The molecule has 0 radical (unpaired) electrons. The van der Waals surface area contributed by atoms with Crippen molar-refractivity contribution < 1.29 is 0 Å². The van der Waals surface area contributed by atoms with Gasteiger partial charge in [-0.15, -0.1) is 0 Å².